The topological polar surface area (TPSA) is 18.5 Å². The van der Waals surface area contributed by atoms with Crippen molar-refractivity contribution in [1.82, 2.24) is 15.1 Å². The minimum atomic E-state index is 0.292. The van der Waals surface area contributed by atoms with Gasteiger partial charge in [-0.3, -0.25) is 0 Å². The number of hydrogen-bond acceptors (Lipinski definition) is 3. The van der Waals surface area contributed by atoms with Crippen LogP contribution in [0.15, 0.2) is 0 Å². The lowest BCUT2D eigenvalue weighted by atomic mass is 9.95. The Bertz CT molecular complexity index is 244. The van der Waals surface area contributed by atoms with Crippen LogP contribution in [0.4, 0.5) is 0 Å². The second kappa shape index (κ2) is 6.36. The maximum absolute atomic E-state index is 3.65. The first-order valence-electron chi connectivity index (χ1n) is 7.79. The molecule has 0 atom stereocenters. The molecule has 3 nitrogen and oxygen atoms in total. The molecule has 2 heterocycles. The Hall–Kier alpha value is -0.120. The Balaban J connectivity index is 1.78. The van der Waals surface area contributed by atoms with Gasteiger partial charge in [-0.15, -0.1) is 0 Å². The number of likely N-dealkylation sites (tertiary alicyclic amines) is 1. The van der Waals surface area contributed by atoms with Crippen molar-refractivity contribution in [2.45, 2.75) is 45.6 Å². The van der Waals surface area contributed by atoms with Gasteiger partial charge in [0.05, 0.1) is 0 Å². The van der Waals surface area contributed by atoms with Crippen molar-refractivity contribution in [3.05, 3.63) is 0 Å². The van der Waals surface area contributed by atoms with Gasteiger partial charge in [-0.2, -0.15) is 0 Å². The first-order valence-corrected chi connectivity index (χ1v) is 7.79. The Labute approximate surface area is 113 Å². The maximum Gasteiger partial charge on any atom is 0.0252 e. The van der Waals surface area contributed by atoms with Crippen molar-refractivity contribution in [1.29, 1.82) is 0 Å². The zero-order valence-corrected chi connectivity index (χ0v) is 12.5. The summed E-state index contributed by atoms with van der Waals surface area (Å²) in [5.41, 5.74) is 0.292. The summed E-state index contributed by atoms with van der Waals surface area (Å²) in [6.45, 7) is 15.8. The van der Waals surface area contributed by atoms with Crippen molar-refractivity contribution >= 4 is 0 Å². The Morgan fingerprint density at radius 1 is 1.11 bits per heavy atom. The van der Waals surface area contributed by atoms with Gasteiger partial charge in [0.1, 0.15) is 0 Å². The molecule has 0 bridgehead atoms. The lowest BCUT2D eigenvalue weighted by Gasteiger charge is -2.36. The van der Waals surface area contributed by atoms with Crippen LogP contribution in [-0.2, 0) is 0 Å². The normalized spacial score (nSPS) is 28.2. The molecule has 0 aromatic rings. The van der Waals surface area contributed by atoms with Gasteiger partial charge in [-0.05, 0) is 71.8 Å². The van der Waals surface area contributed by atoms with Crippen molar-refractivity contribution < 1.29 is 0 Å². The third-order valence-corrected chi connectivity index (χ3v) is 4.54. The molecule has 2 saturated heterocycles. The average molecular weight is 253 g/mol. The monoisotopic (exact) mass is 253 g/mol. The summed E-state index contributed by atoms with van der Waals surface area (Å²) < 4.78 is 0. The number of rotatable bonds is 3. The highest BCUT2D eigenvalue weighted by molar-refractivity contribution is 4.86. The summed E-state index contributed by atoms with van der Waals surface area (Å²) in [5.74, 6) is 0.932. The van der Waals surface area contributed by atoms with E-state index in [2.05, 4.69) is 35.9 Å². The molecule has 0 spiro atoms. The highest BCUT2D eigenvalue weighted by Crippen LogP contribution is 2.20. The average Bonchev–Trinajstić information content (AvgIpc) is 2.51. The molecule has 0 aromatic heterocycles. The van der Waals surface area contributed by atoms with Gasteiger partial charge in [0.2, 0.25) is 0 Å². The molecule has 2 aliphatic heterocycles. The summed E-state index contributed by atoms with van der Waals surface area (Å²) in [7, 11) is 0. The van der Waals surface area contributed by atoms with E-state index in [9.17, 15) is 0 Å². The Morgan fingerprint density at radius 2 is 1.83 bits per heavy atom. The van der Waals surface area contributed by atoms with E-state index in [1.807, 2.05) is 0 Å². The predicted octanol–water partition coefficient (Wildman–Crippen LogP) is 1.79. The van der Waals surface area contributed by atoms with E-state index in [1.54, 1.807) is 0 Å². The summed E-state index contributed by atoms with van der Waals surface area (Å²) in [5, 5.41) is 3.65. The van der Waals surface area contributed by atoms with Crippen molar-refractivity contribution in [2.24, 2.45) is 5.92 Å². The van der Waals surface area contributed by atoms with Crippen molar-refractivity contribution in [3.8, 4) is 0 Å². The second-order valence-corrected chi connectivity index (χ2v) is 6.78. The van der Waals surface area contributed by atoms with Gasteiger partial charge in [0.15, 0.2) is 0 Å². The number of hydrogen-bond donors (Lipinski definition) is 1. The van der Waals surface area contributed by atoms with E-state index >= 15 is 0 Å². The van der Waals surface area contributed by atoms with Crippen LogP contribution in [0.5, 0.6) is 0 Å². The largest absolute Gasteiger partial charge is 0.310 e. The van der Waals surface area contributed by atoms with Gasteiger partial charge < -0.3 is 15.1 Å². The molecular weight excluding hydrogens is 222 g/mol. The van der Waals surface area contributed by atoms with Gasteiger partial charge in [0, 0.05) is 18.6 Å². The standard InChI is InChI=1S/C15H31N3/c1-4-17-10-6-14(7-11-17)12-18-9-5-8-16-15(2,3)13-18/h14,16H,4-13H2,1-3H3. The zero-order chi connectivity index (χ0) is 13.0. The van der Waals surface area contributed by atoms with Crippen LogP contribution in [0.25, 0.3) is 0 Å². The molecule has 106 valence electrons. The van der Waals surface area contributed by atoms with Gasteiger partial charge in [-0.25, -0.2) is 0 Å². The predicted molar refractivity (Wildman–Crippen MR) is 78.0 cm³/mol. The second-order valence-electron chi connectivity index (χ2n) is 6.78. The SMILES string of the molecule is CCN1CCC(CN2CCCNC(C)(C)C2)CC1. The smallest absolute Gasteiger partial charge is 0.0252 e. The highest BCUT2D eigenvalue weighted by Gasteiger charge is 2.26. The van der Waals surface area contributed by atoms with Crippen molar-refractivity contribution in [2.75, 3.05) is 45.8 Å². The lowest BCUT2D eigenvalue weighted by Crippen LogP contribution is -2.48. The summed E-state index contributed by atoms with van der Waals surface area (Å²) in [6, 6.07) is 0. The zero-order valence-electron chi connectivity index (χ0n) is 12.5. The van der Waals surface area contributed by atoms with Crippen LogP contribution in [0.1, 0.15) is 40.0 Å². The van der Waals surface area contributed by atoms with E-state index in [0.717, 1.165) is 5.92 Å². The third-order valence-electron chi connectivity index (χ3n) is 4.54. The molecule has 0 saturated carbocycles. The maximum atomic E-state index is 3.65. The summed E-state index contributed by atoms with van der Waals surface area (Å²) in [4.78, 5) is 5.29. The first-order chi connectivity index (χ1) is 8.59. The molecule has 0 amide bonds. The minimum absolute atomic E-state index is 0.292. The highest BCUT2D eigenvalue weighted by atomic mass is 15.2. The molecule has 18 heavy (non-hydrogen) atoms. The van der Waals surface area contributed by atoms with Gasteiger partial charge in [-0.1, -0.05) is 6.92 Å². The quantitative estimate of drug-likeness (QED) is 0.827. The number of nitrogens with zero attached hydrogens (tertiary/aromatic N) is 2. The molecule has 2 rings (SSSR count). The Morgan fingerprint density at radius 3 is 2.50 bits per heavy atom. The van der Waals surface area contributed by atoms with E-state index in [1.165, 1.54) is 65.1 Å². The van der Waals surface area contributed by atoms with Crippen LogP contribution >= 0.6 is 0 Å². The van der Waals surface area contributed by atoms with Crippen LogP contribution in [0.3, 0.4) is 0 Å². The number of nitrogens with one attached hydrogen (secondary N) is 1. The van der Waals surface area contributed by atoms with Crippen LogP contribution < -0.4 is 5.32 Å². The summed E-state index contributed by atoms with van der Waals surface area (Å²) in [6.07, 6.45) is 4.10. The molecule has 0 radical (unpaired) electrons. The van der Waals surface area contributed by atoms with Crippen LogP contribution in [0.2, 0.25) is 0 Å². The molecule has 3 heteroatoms. The molecule has 2 aliphatic rings. The third kappa shape index (κ3) is 4.22. The van der Waals surface area contributed by atoms with Crippen LogP contribution in [-0.4, -0.2) is 61.2 Å². The van der Waals surface area contributed by atoms with Crippen molar-refractivity contribution in [3.63, 3.8) is 0 Å². The molecule has 0 aromatic carbocycles. The molecule has 1 N–H and O–H groups in total. The van der Waals surface area contributed by atoms with E-state index in [4.69, 9.17) is 0 Å². The fourth-order valence-electron chi connectivity index (χ4n) is 3.43. The fraction of sp³-hybridized carbons (Fsp3) is 1.00. The van der Waals surface area contributed by atoms with E-state index < -0.39 is 0 Å². The molecule has 0 aliphatic carbocycles. The Kier molecular flexibility index (Phi) is 5.05. The first kappa shape index (κ1) is 14.3. The molecule has 2 fully saturated rings. The minimum Gasteiger partial charge on any atom is -0.310 e. The fourth-order valence-corrected chi connectivity index (χ4v) is 3.43. The van der Waals surface area contributed by atoms with Gasteiger partial charge in [0.25, 0.3) is 0 Å². The van der Waals surface area contributed by atoms with E-state index in [-0.39, 0.29) is 0 Å². The molecule has 0 unspecified atom stereocenters. The van der Waals surface area contributed by atoms with E-state index in [0.29, 0.717) is 5.54 Å². The number of piperidine rings is 1. The lowest BCUT2D eigenvalue weighted by molar-refractivity contribution is 0.138. The molecular formula is C15H31N3. The van der Waals surface area contributed by atoms with Crippen LogP contribution in [0, 0.1) is 5.92 Å². The van der Waals surface area contributed by atoms with Gasteiger partial charge >= 0.3 is 0 Å². The summed E-state index contributed by atoms with van der Waals surface area (Å²) >= 11 is 0.